The lowest BCUT2D eigenvalue weighted by Gasteiger charge is -2.33. The van der Waals surface area contributed by atoms with Crippen molar-refractivity contribution in [1.82, 2.24) is 10.2 Å². The zero-order chi connectivity index (χ0) is 17.7. The van der Waals surface area contributed by atoms with Crippen LogP contribution in [-0.2, 0) is 16.1 Å². The zero-order valence-corrected chi connectivity index (χ0v) is 15.2. The van der Waals surface area contributed by atoms with Gasteiger partial charge in [0.2, 0.25) is 5.91 Å². The van der Waals surface area contributed by atoms with E-state index in [1.165, 1.54) is 0 Å². The van der Waals surface area contributed by atoms with Crippen LogP contribution in [0, 0.1) is 5.92 Å². The number of carbonyl (C=O) groups excluding carboxylic acids is 2. The monoisotopic (exact) mass is 352 g/mol. The average Bonchev–Trinajstić information content (AvgIpc) is 2.52. The highest BCUT2D eigenvalue weighted by atomic mass is 35.5. The molecule has 1 N–H and O–H groups in total. The fourth-order valence-corrected chi connectivity index (χ4v) is 2.85. The Morgan fingerprint density at radius 3 is 2.71 bits per heavy atom. The first-order valence-corrected chi connectivity index (χ1v) is 8.63. The van der Waals surface area contributed by atoms with Gasteiger partial charge in [0.05, 0.1) is 5.92 Å². The molecule has 1 fully saturated rings. The van der Waals surface area contributed by atoms with Crippen LogP contribution < -0.4 is 5.32 Å². The van der Waals surface area contributed by atoms with Gasteiger partial charge in [-0.05, 0) is 45.2 Å². The number of amides is 2. The van der Waals surface area contributed by atoms with Gasteiger partial charge in [-0.1, -0.05) is 29.8 Å². The molecule has 1 atom stereocenters. The van der Waals surface area contributed by atoms with Gasteiger partial charge < -0.3 is 15.0 Å². The molecule has 2 amide bonds. The van der Waals surface area contributed by atoms with Crippen LogP contribution in [0.1, 0.15) is 39.2 Å². The van der Waals surface area contributed by atoms with E-state index in [4.69, 9.17) is 16.3 Å². The summed E-state index contributed by atoms with van der Waals surface area (Å²) in [6, 6.07) is 7.43. The molecule has 0 spiro atoms. The molecule has 1 saturated heterocycles. The van der Waals surface area contributed by atoms with Crippen LogP contribution in [0.15, 0.2) is 24.3 Å². The lowest BCUT2D eigenvalue weighted by molar-refractivity contribution is -0.126. The molecule has 0 saturated carbocycles. The Hall–Kier alpha value is -1.75. The summed E-state index contributed by atoms with van der Waals surface area (Å²) in [7, 11) is 0. The molecule has 1 unspecified atom stereocenters. The van der Waals surface area contributed by atoms with Crippen LogP contribution in [-0.4, -0.2) is 35.6 Å². The molecule has 0 bridgehead atoms. The van der Waals surface area contributed by atoms with Crippen molar-refractivity contribution in [2.45, 2.75) is 45.8 Å². The Bertz CT molecular complexity index is 598. The lowest BCUT2D eigenvalue weighted by Crippen LogP contribution is -2.46. The minimum absolute atomic E-state index is 0.0526. The van der Waals surface area contributed by atoms with Gasteiger partial charge in [-0.25, -0.2) is 4.79 Å². The number of benzene rings is 1. The highest BCUT2D eigenvalue weighted by Crippen LogP contribution is 2.20. The van der Waals surface area contributed by atoms with Crippen molar-refractivity contribution in [3.8, 4) is 0 Å². The Morgan fingerprint density at radius 2 is 2.04 bits per heavy atom. The number of hydrogen-bond acceptors (Lipinski definition) is 3. The Balaban J connectivity index is 1.88. The molecule has 1 aromatic carbocycles. The number of piperidine rings is 1. The number of likely N-dealkylation sites (tertiary alicyclic amines) is 1. The Kier molecular flexibility index (Phi) is 6.10. The van der Waals surface area contributed by atoms with Crippen LogP contribution in [0.3, 0.4) is 0 Å². The molecule has 132 valence electrons. The van der Waals surface area contributed by atoms with Gasteiger partial charge in [0.25, 0.3) is 0 Å². The van der Waals surface area contributed by atoms with Crippen LogP contribution in [0.25, 0.3) is 0 Å². The molecule has 24 heavy (non-hydrogen) atoms. The van der Waals surface area contributed by atoms with E-state index in [2.05, 4.69) is 5.32 Å². The fourth-order valence-electron chi connectivity index (χ4n) is 2.65. The summed E-state index contributed by atoms with van der Waals surface area (Å²) < 4.78 is 5.39. The predicted molar refractivity (Wildman–Crippen MR) is 93.8 cm³/mol. The molecule has 1 aromatic rings. The van der Waals surface area contributed by atoms with E-state index in [9.17, 15) is 9.59 Å². The van der Waals surface area contributed by atoms with Crippen LogP contribution in [0.4, 0.5) is 4.79 Å². The van der Waals surface area contributed by atoms with Crippen molar-refractivity contribution in [3.63, 3.8) is 0 Å². The highest BCUT2D eigenvalue weighted by Gasteiger charge is 2.30. The van der Waals surface area contributed by atoms with Crippen molar-refractivity contribution in [3.05, 3.63) is 34.9 Å². The number of carbonyl (C=O) groups is 2. The molecule has 1 heterocycles. The van der Waals surface area contributed by atoms with Gasteiger partial charge in [0, 0.05) is 24.7 Å². The second-order valence-corrected chi connectivity index (χ2v) is 7.48. The van der Waals surface area contributed by atoms with Gasteiger partial charge in [-0.15, -0.1) is 0 Å². The Morgan fingerprint density at radius 1 is 1.33 bits per heavy atom. The molecule has 0 aromatic heterocycles. The molecule has 5 nitrogen and oxygen atoms in total. The largest absolute Gasteiger partial charge is 0.444 e. The van der Waals surface area contributed by atoms with Crippen molar-refractivity contribution < 1.29 is 14.3 Å². The fraction of sp³-hybridized carbons (Fsp3) is 0.556. The normalized spacial score (nSPS) is 18.2. The minimum Gasteiger partial charge on any atom is -0.444 e. The molecule has 1 aliphatic heterocycles. The third-order valence-electron chi connectivity index (χ3n) is 3.85. The summed E-state index contributed by atoms with van der Waals surface area (Å²) in [6.07, 6.45) is 1.21. The SMILES string of the molecule is CC(C)(C)OC(=O)N1CCCC(C(=O)NCc2ccccc2Cl)C1. The van der Waals surface area contributed by atoms with Crippen molar-refractivity contribution in [2.75, 3.05) is 13.1 Å². The van der Waals surface area contributed by atoms with E-state index in [0.29, 0.717) is 24.7 Å². The number of nitrogens with one attached hydrogen (secondary N) is 1. The minimum atomic E-state index is -0.531. The second kappa shape index (κ2) is 7.88. The highest BCUT2D eigenvalue weighted by molar-refractivity contribution is 6.31. The van der Waals surface area contributed by atoms with Crippen molar-refractivity contribution >= 4 is 23.6 Å². The van der Waals surface area contributed by atoms with E-state index in [0.717, 1.165) is 18.4 Å². The quantitative estimate of drug-likeness (QED) is 0.904. The second-order valence-electron chi connectivity index (χ2n) is 7.07. The Labute approximate surface area is 148 Å². The third kappa shape index (κ3) is 5.41. The molecule has 2 rings (SSSR count). The van der Waals surface area contributed by atoms with E-state index in [1.54, 1.807) is 11.0 Å². The van der Waals surface area contributed by atoms with E-state index < -0.39 is 5.60 Å². The van der Waals surface area contributed by atoms with E-state index >= 15 is 0 Å². The maximum Gasteiger partial charge on any atom is 0.410 e. The molecule has 0 aliphatic carbocycles. The molecular weight excluding hydrogens is 328 g/mol. The van der Waals surface area contributed by atoms with E-state index in [1.807, 2.05) is 39.0 Å². The maximum atomic E-state index is 12.4. The first kappa shape index (κ1) is 18.6. The van der Waals surface area contributed by atoms with Gasteiger partial charge in [0.15, 0.2) is 0 Å². The topological polar surface area (TPSA) is 58.6 Å². The van der Waals surface area contributed by atoms with E-state index in [-0.39, 0.29) is 17.9 Å². The summed E-state index contributed by atoms with van der Waals surface area (Å²) in [4.78, 5) is 26.2. The molecular formula is C18H25ClN2O3. The first-order chi connectivity index (χ1) is 11.3. The summed E-state index contributed by atoms with van der Waals surface area (Å²) in [6.45, 7) is 6.92. The lowest BCUT2D eigenvalue weighted by atomic mass is 9.97. The van der Waals surface area contributed by atoms with Gasteiger partial charge >= 0.3 is 6.09 Å². The molecule has 1 aliphatic rings. The number of rotatable bonds is 3. The molecule has 0 radical (unpaired) electrons. The van der Waals surface area contributed by atoms with Crippen LogP contribution >= 0.6 is 11.6 Å². The summed E-state index contributed by atoms with van der Waals surface area (Å²) in [5.41, 5.74) is 0.350. The standard InChI is InChI=1S/C18H25ClN2O3/c1-18(2,3)24-17(23)21-10-6-8-14(12-21)16(22)20-11-13-7-4-5-9-15(13)19/h4-5,7,9,14H,6,8,10-12H2,1-3H3,(H,20,22). The number of halogens is 1. The number of hydrogen-bond donors (Lipinski definition) is 1. The maximum absolute atomic E-state index is 12.4. The summed E-state index contributed by atoms with van der Waals surface area (Å²) in [5, 5.41) is 3.55. The summed E-state index contributed by atoms with van der Waals surface area (Å²) in [5.74, 6) is -0.267. The third-order valence-corrected chi connectivity index (χ3v) is 4.22. The predicted octanol–water partition coefficient (Wildman–Crippen LogP) is 3.60. The van der Waals surface area contributed by atoms with Gasteiger partial charge in [-0.3, -0.25) is 4.79 Å². The number of nitrogens with zero attached hydrogens (tertiary/aromatic N) is 1. The van der Waals surface area contributed by atoms with Gasteiger partial charge in [0.1, 0.15) is 5.60 Å². The van der Waals surface area contributed by atoms with Crippen molar-refractivity contribution in [1.29, 1.82) is 0 Å². The summed E-state index contributed by atoms with van der Waals surface area (Å²) >= 11 is 6.10. The molecule has 6 heteroatoms. The van der Waals surface area contributed by atoms with Crippen LogP contribution in [0.5, 0.6) is 0 Å². The van der Waals surface area contributed by atoms with Crippen molar-refractivity contribution in [2.24, 2.45) is 5.92 Å². The van der Waals surface area contributed by atoms with Gasteiger partial charge in [-0.2, -0.15) is 0 Å². The number of ether oxygens (including phenoxy) is 1. The zero-order valence-electron chi connectivity index (χ0n) is 14.5. The average molecular weight is 353 g/mol. The first-order valence-electron chi connectivity index (χ1n) is 8.25. The smallest absolute Gasteiger partial charge is 0.410 e. The van der Waals surface area contributed by atoms with Crippen LogP contribution in [0.2, 0.25) is 5.02 Å².